The highest BCUT2D eigenvalue weighted by Crippen LogP contribution is 2.21. The molecule has 0 amide bonds. The van der Waals surface area contributed by atoms with Crippen LogP contribution in [0.1, 0.15) is 31.2 Å². The maximum atomic E-state index is 5.79. The van der Waals surface area contributed by atoms with Gasteiger partial charge in [0.2, 0.25) is 0 Å². The van der Waals surface area contributed by atoms with E-state index >= 15 is 0 Å². The molecule has 0 spiro atoms. The summed E-state index contributed by atoms with van der Waals surface area (Å²) in [6.07, 6.45) is 6.87. The summed E-state index contributed by atoms with van der Waals surface area (Å²) >= 11 is 5.79. The van der Waals surface area contributed by atoms with Gasteiger partial charge in [-0.3, -0.25) is 4.90 Å². The fraction of sp³-hybridized carbons (Fsp3) is 0.615. The molecular weight excluding hydrogens is 234 g/mol. The third-order valence-electron chi connectivity index (χ3n) is 3.42. The van der Waals surface area contributed by atoms with Crippen molar-refractivity contribution >= 4 is 11.6 Å². The summed E-state index contributed by atoms with van der Waals surface area (Å²) in [6.45, 7) is 2.92. The summed E-state index contributed by atoms with van der Waals surface area (Å²) in [7, 11) is 0. The second-order valence-corrected chi connectivity index (χ2v) is 5.07. The number of hydrogen-bond acceptors (Lipinski definition) is 3. The van der Waals surface area contributed by atoms with Crippen LogP contribution in [0.4, 0.5) is 0 Å². The third-order valence-corrected chi connectivity index (χ3v) is 3.65. The zero-order valence-electron chi connectivity index (χ0n) is 10.1. The first-order valence-corrected chi connectivity index (χ1v) is 6.72. The van der Waals surface area contributed by atoms with Crippen molar-refractivity contribution in [1.29, 1.82) is 0 Å². The molecule has 1 aromatic rings. The second-order valence-electron chi connectivity index (χ2n) is 4.69. The van der Waals surface area contributed by atoms with Crippen LogP contribution >= 0.6 is 11.6 Å². The van der Waals surface area contributed by atoms with E-state index in [0.717, 1.165) is 19.5 Å². The molecule has 2 heterocycles. The molecule has 1 fully saturated rings. The summed E-state index contributed by atoms with van der Waals surface area (Å²) < 4.78 is 0. The SMILES string of the molecule is NCCC1CCCCN1Cc1ccc(Cl)nc1. The molecule has 1 aliphatic rings. The molecule has 0 bridgehead atoms. The molecule has 0 aliphatic carbocycles. The van der Waals surface area contributed by atoms with Crippen LogP contribution in [-0.4, -0.2) is 29.0 Å². The van der Waals surface area contributed by atoms with Crippen molar-refractivity contribution in [2.75, 3.05) is 13.1 Å². The lowest BCUT2D eigenvalue weighted by Gasteiger charge is -2.35. The number of rotatable bonds is 4. The molecule has 0 saturated carbocycles. The number of piperidine rings is 1. The molecule has 17 heavy (non-hydrogen) atoms. The molecule has 2 N–H and O–H groups in total. The van der Waals surface area contributed by atoms with Crippen LogP contribution in [0.15, 0.2) is 18.3 Å². The molecule has 2 rings (SSSR count). The van der Waals surface area contributed by atoms with E-state index in [2.05, 4.69) is 16.0 Å². The van der Waals surface area contributed by atoms with Gasteiger partial charge < -0.3 is 5.73 Å². The minimum atomic E-state index is 0.561. The lowest BCUT2D eigenvalue weighted by atomic mass is 9.99. The van der Waals surface area contributed by atoms with E-state index in [1.807, 2.05) is 12.3 Å². The highest BCUT2D eigenvalue weighted by molar-refractivity contribution is 6.29. The first-order valence-electron chi connectivity index (χ1n) is 6.34. The Morgan fingerprint density at radius 3 is 3.00 bits per heavy atom. The van der Waals surface area contributed by atoms with Crippen molar-refractivity contribution in [3.8, 4) is 0 Å². The first-order chi connectivity index (χ1) is 8.29. The molecule has 1 atom stereocenters. The van der Waals surface area contributed by atoms with Gasteiger partial charge >= 0.3 is 0 Å². The maximum Gasteiger partial charge on any atom is 0.129 e. The number of nitrogens with two attached hydrogens (primary N) is 1. The molecule has 0 aromatic carbocycles. The minimum absolute atomic E-state index is 0.561. The van der Waals surface area contributed by atoms with E-state index < -0.39 is 0 Å². The number of halogens is 1. The Balaban J connectivity index is 1.97. The molecular formula is C13H20ClN3. The van der Waals surface area contributed by atoms with Gasteiger partial charge in [-0.2, -0.15) is 0 Å². The largest absolute Gasteiger partial charge is 0.330 e. The summed E-state index contributed by atoms with van der Waals surface area (Å²) in [5, 5.41) is 0.561. The van der Waals surface area contributed by atoms with Crippen LogP contribution in [0, 0.1) is 0 Å². The van der Waals surface area contributed by atoms with E-state index in [9.17, 15) is 0 Å². The van der Waals surface area contributed by atoms with Crippen LogP contribution in [0.3, 0.4) is 0 Å². The van der Waals surface area contributed by atoms with Crippen LogP contribution in [0.25, 0.3) is 0 Å². The average molecular weight is 254 g/mol. The van der Waals surface area contributed by atoms with Gasteiger partial charge in [0.1, 0.15) is 5.15 Å². The van der Waals surface area contributed by atoms with Gasteiger partial charge in [0, 0.05) is 18.8 Å². The van der Waals surface area contributed by atoms with Crippen molar-refractivity contribution < 1.29 is 0 Å². The average Bonchev–Trinajstić information content (AvgIpc) is 2.35. The van der Waals surface area contributed by atoms with E-state index in [4.69, 9.17) is 17.3 Å². The van der Waals surface area contributed by atoms with E-state index in [1.165, 1.54) is 31.4 Å². The smallest absolute Gasteiger partial charge is 0.129 e. The molecule has 94 valence electrons. The minimum Gasteiger partial charge on any atom is -0.330 e. The monoisotopic (exact) mass is 253 g/mol. The summed E-state index contributed by atoms with van der Waals surface area (Å²) in [5.74, 6) is 0. The van der Waals surface area contributed by atoms with E-state index in [-0.39, 0.29) is 0 Å². The molecule has 4 heteroatoms. The number of nitrogens with zero attached hydrogens (tertiary/aromatic N) is 2. The lowest BCUT2D eigenvalue weighted by molar-refractivity contribution is 0.134. The van der Waals surface area contributed by atoms with Crippen LogP contribution in [0.5, 0.6) is 0 Å². The predicted octanol–water partition coefficient (Wildman–Crippen LogP) is 2.44. The molecule has 1 unspecified atom stereocenters. The van der Waals surface area contributed by atoms with Crippen LogP contribution in [0.2, 0.25) is 5.15 Å². The zero-order chi connectivity index (χ0) is 12.1. The summed E-state index contributed by atoms with van der Waals surface area (Å²) in [4.78, 5) is 6.66. The van der Waals surface area contributed by atoms with Gasteiger partial charge in [0.25, 0.3) is 0 Å². The topological polar surface area (TPSA) is 42.1 Å². The highest BCUT2D eigenvalue weighted by atomic mass is 35.5. The van der Waals surface area contributed by atoms with Crippen LogP contribution in [-0.2, 0) is 6.54 Å². The van der Waals surface area contributed by atoms with Crippen molar-refractivity contribution in [3.05, 3.63) is 29.0 Å². The van der Waals surface area contributed by atoms with E-state index in [1.54, 1.807) is 0 Å². The predicted molar refractivity (Wildman–Crippen MR) is 71.0 cm³/mol. The number of pyridine rings is 1. The lowest BCUT2D eigenvalue weighted by Crippen LogP contribution is -2.40. The van der Waals surface area contributed by atoms with Crippen molar-refractivity contribution in [2.45, 2.75) is 38.3 Å². The zero-order valence-corrected chi connectivity index (χ0v) is 10.9. The fourth-order valence-corrected chi connectivity index (χ4v) is 2.63. The maximum absolute atomic E-state index is 5.79. The number of likely N-dealkylation sites (tertiary alicyclic amines) is 1. The first kappa shape index (κ1) is 12.8. The van der Waals surface area contributed by atoms with Crippen molar-refractivity contribution in [1.82, 2.24) is 9.88 Å². The van der Waals surface area contributed by atoms with Crippen LogP contribution < -0.4 is 5.73 Å². The Kier molecular flexibility index (Phi) is 4.77. The molecule has 1 aliphatic heterocycles. The highest BCUT2D eigenvalue weighted by Gasteiger charge is 2.21. The Labute approximate surface area is 108 Å². The standard InChI is InChI=1S/C13H20ClN3/c14-13-5-4-11(9-16-13)10-17-8-2-1-3-12(17)6-7-15/h4-5,9,12H,1-3,6-8,10,15H2. The molecule has 0 radical (unpaired) electrons. The van der Waals surface area contributed by atoms with Gasteiger partial charge in [-0.1, -0.05) is 24.1 Å². The second kappa shape index (κ2) is 6.34. The molecule has 3 nitrogen and oxygen atoms in total. The molecule has 1 saturated heterocycles. The Bertz CT molecular complexity index is 337. The normalized spacial score (nSPS) is 21.6. The van der Waals surface area contributed by atoms with Crippen molar-refractivity contribution in [2.24, 2.45) is 5.73 Å². The molecule has 1 aromatic heterocycles. The van der Waals surface area contributed by atoms with Gasteiger partial charge in [0.15, 0.2) is 0 Å². The quantitative estimate of drug-likeness (QED) is 0.839. The third kappa shape index (κ3) is 3.66. The number of hydrogen-bond donors (Lipinski definition) is 1. The van der Waals surface area contributed by atoms with Gasteiger partial charge in [-0.25, -0.2) is 4.98 Å². The van der Waals surface area contributed by atoms with Gasteiger partial charge in [0.05, 0.1) is 0 Å². The van der Waals surface area contributed by atoms with E-state index in [0.29, 0.717) is 11.2 Å². The Morgan fingerprint density at radius 1 is 1.41 bits per heavy atom. The Hall–Kier alpha value is -0.640. The summed E-state index contributed by atoms with van der Waals surface area (Å²) in [6, 6.07) is 4.56. The fourth-order valence-electron chi connectivity index (χ4n) is 2.52. The van der Waals surface area contributed by atoms with Gasteiger partial charge in [-0.05, 0) is 44.0 Å². The van der Waals surface area contributed by atoms with Crippen molar-refractivity contribution in [3.63, 3.8) is 0 Å². The summed E-state index contributed by atoms with van der Waals surface area (Å²) in [5.41, 5.74) is 6.91. The number of aromatic nitrogens is 1. The van der Waals surface area contributed by atoms with Gasteiger partial charge in [-0.15, -0.1) is 0 Å². The Morgan fingerprint density at radius 2 is 2.29 bits per heavy atom.